The zero-order valence-corrected chi connectivity index (χ0v) is 17.1. The number of alkyl halides is 3. The Bertz CT molecular complexity index is 866. The van der Waals surface area contributed by atoms with Gasteiger partial charge in [0.25, 0.3) is 0 Å². The van der Waals surface area contributed by atoms with Crippen LogP contribution < -0.4 is 9.64 Å². The van der Waals surface area contributed by atoms with E-state index in [9.17, 15) is 23.1 Å². The van der Waals surface area contributed by atoms with Crippen molar-refractivity contribution in [3.63, 3.8) is 0 Å². The monoisotopic (exact) mass is 438 g/mol. The lowest BCUT2D eigenvalue weighted by molar-refractivity contribution is -0.137. The highest BCUT2D eigenvalue weighted by atomic mass is 19.4. The average Bonchev–Trinajstić information content (AvgIpc) is 2.77. The van der Waals surface area contributed by atoms with Gasteiger partial charge in [0.05, 0.1) is 18.2 Å². The van der Waals surface area contributed by atoms with E-state index in [-0.39, 0.29) is 6.61 Å². The van der Waals surface area contributed by atoms with E-state index in [4.69, 9.17) is 4.74 Å². The van der Waals surface area contributed by atoms with Gasteiger partial charge in [0.2, 0.25) is 0 Å². The lowest BCUT2D eigenvalue weighted by Crippen LogP contribution is -2.49. The van der Waals surface area contributed by atoms with Crippen molar-refractivity contribution in [1.82, 2.24) is 4.90 Å². The molecule has 9 heteroatoms. The van der Waals surface area contributed by atoms with Gasteiger partial charge in [-0.05, 0) is 42.5 Å². The van der Waals surface area contributed by atoms with Gasteiger partial charge in [-0.3, -0.25) is 4.90 Å². The maximum atomic E-state index is 12.9. The van der Waals surface area contributed by atoms with Crippen molar-refractivity contribution < 1.29 is 32.5 Å². The summed E-state index contributed by atoms with van der Waals surface area (Å²) in [5, 5.41) is 10.3. The van der Waals surface area contributed by atoms with Crippen LogP contribution in [0.25, 0.3) is 0 Å². The predicted molar refractivity (Wildman–Crippen MR) is 109 cm³/mol. The van der Waals surface area contributed by atoms with Crippen molar-refractivity contribution in [2.24, 2.45) is 0 Å². The number of hydrogen-bond acceptors (Lipinski definition) is 6. The molecule has 168 valence electrons. The summed E-state index contributed by atoms with van der Waals surface area (Å²) in [5.41, 5.74) is 0.308. The van der Waals surface area contributed by atoms with Crippen LogP contribution in [-0.2, 0) is 10.9 Å². The molecule has 1 N–H and O–H groups in total. The van der Waals surface area contributed by atoms with E-state index >= 15 is 0 Å². The number of halogens is 3. The third kappa shape index (κ3) is 6.35. The molecule has 1 atom stereocenters. The third-order valence-electron chi connectivity index (χ3n) is 5.10. The summed E-state index contributed by atoms with van der Waals surface area (Å²) < 4.78 is 49.0. The van der Waals surface area contributed by atoms with Crippen molar-refractivity contribution in [2.75, 3.05) is 51.3 Å². The molecule has 3 rings (SSSR count). The molecule has 0 radical (unpaired) electrons. The zero-order chi connectivity index (χ0) is 22.4. The van der Waals surface area contributed by atoms with Crippen LogP contribution in [0.3, 0.4) is 0 Å². The summed E-state index contributed by atoms with van der Waals surface area (Å²) in [6.07, 6.45) is -5.08. The molecule has 0 amide bonds. The Morgan fingerprint density at radius 3 is 2.39 bits per heavy atom. The summed E-state index contributed by atoms with van der Waals surface area (Å²) >= 11 is 0. The Morgan fingerprint density at radius 2 is 1.77 bits per heavy atom. The standard InChI is InChI=1S/C22H25F3N2O4/c1-30-21(29)16-5-7-20(8-6-16)31-15-19(28)14-26-9-11-27(12-10-26)18-4-2-3-17(13-18)22(23,24)25/h2-8,13,19,28H,9-12,14-15H2,1H3/t19-/m0/s1. The van der Waals surface area contributed by atoms with Gasteiger partial charge in [0.1, 0.15) is 18.5 Å². The van der Waals surface area contributed by atoms with Crippen LogP contribution in [0.5, 0.6) is 5.75 Å². The molecule has 1 fully saturated rings. The first kappa shape index (κ1) is 22.9. The van der Waals surface area contributed by atoms with E-state index in [1.807, 2.05) is 4.90 Å². The van der Waals surface area contributed by atoms with Crippen molar-refractivity contribution in [2.45, 2.75) is 12.3 Å². The van der Waals surface area contributed by atoms with Crippen LogP contribution in [0.15, 0.2) is 48.5 Å². The molecular formula is C22H25F3N2O4. The number of anilines is 1. The van der Waals surface area contributed by atoms with Crippen LogP contribution >= 0.6 is 0 Å². The number of methoxy groups -OCH3 is 1. The number of benzene rings is 2. The van der Waals surface area contributed by atoms with Crippen molar-refractivity contribution in [1.29, 1.82) is 0 Å². The maximum Gasteiger partial charge on any atom is 0.416 e. The van der Waals surface area contributed by atoms with E-state index in [1.165, 1.54) is 19.2 Å². The number of aliphatic hydroxyl groups is 1. The topological polar surface area (TPSA) is 62.2 Å². The van der Waals surface area contributed by atoms with E-state index in [0.717, 1.165) is 6.07 Å². The third-order valence-corrected chi connectivity index (χ3v) is 5.10. The van der Waals surface area contributed by atoms with E-state index in [0.29, 0.717) is 49.7 Å². The molecule has 31 heavy (non-hydrogen) atoms. The van der Waals surface area contributed by atoms with Crippen LogP contribution in [0.2, 0.25) is 0 Å². The second-order valence-electron chi connectivity index (χ2n) is 7.32. The van der Waals surface area contributed by atoms with Crippen LogP contribution in [0, 0.1) is 0 Å². The number of hydrogen-bond donors (Lipinski definition) is 1. The normalized spacial score (nSPS) is 16.1. The first-order valence-electron chi connectivity index (χ1n) is 9.90. The summed E-state index contributed by atoms with van der Waals surface area (Å²) in [7, 11) is 1.31. The maximum absolute atomic E-state index is 12.9. The number of esters is 1. The minimum atomic E-state index is -4.36. The van der Waals surface area contributed by atoms with Crippen molar-refractivity contribution in [3.8, 4) is 5.75 Å². The Hall–Kier alpha value is -2.78. The van der Waals surface area contributed by atoms with Crippen LogP contribution in [0.4, 0.5) is 18.9 Å². The second-order valence-corrected chi connectivity index (χ2v) is 7.32. The molecule has 0 aliphatic carbocycles. The van der Waals surface area contributed by atoms with Gasteiger partial charge in [-0.15, -0.1) is 0 Å². The smallest absolute Gasteiger partial charge is 0.416 e. The zero-order valence-electron chi connectivity index (χ0n) is 17.1. The van der Waals surface area contributed by atoms with E-state index in [2.05, 4.69) is 9.64 Å². The Labute approximate surface area is 178 Å². The van der Waals surface area contributed by atoms with Gasteiger partial charge < -0.3 is 19.5 Å². The molecular weight excluding hydrogens is 413 g/mol. The van der Waals surface area contributed by atoms with Gasteiger partial charge in [0, 0.05) is 38.4 Å². The minimum absolute atomic E-state index is 0.0887. The van der Waals surface area contributed by atoms with Crippen LogP contribution in [0.1, 0.15) is 15.9 Å². The number of nitrogens with zero attached hydrogens (tertiary/aromatic N) is 2. The Kier molecular flexibility index (Phi) is 7.40. The van der Waals surface area contributed by atoms with Gasteiger partial charge in [-0.2, -0.15) is 13.2 Å². The molecule has 1 heterocycles. The number of carbonyl (C=O) groups excluding carboxylic acids is 1. The summed E-state index contributed by atoms with van der Waals surface area (Å²) in [5.74, 6) is 0.0944. The van der Waals surface area contributed by atoms with E-state index < -0.39 is 23.8 Å². The highest BCUT2D eigenvalue weighted by Gasteiger charge is 2.31. The highest BCUT2D eigenvalue weighted by Crippen LogP contribution is 2.31. The second kappa shape index (κ2) is 10.0. The fourth-order valence-corrected chi connectivity index (χ4v) is 3.42. The van der Waals surface area contributed by atoms with E-state index in [1.54, 1.807) is 30.3 Å². The number of aliphatic hydroxyl groups excluding tert-OH is 1. The number of piperazine rings is 1. The lowest BCUT2D eigenvalue weighted by Gasteiger charge is -2.37. The number of rotatable bonds is 7. The molecule has 1 aliphatic heterocycles. The largest absolute Gasteiger partial charge is 0.491 e. The Morgan fingerprint density at radius 1 is 1.10 bits per heavy atom. The lowest BCUT2D eigenvalue weighted by atomic mass is 10.1. The average molecular weight is 438 g/mol. The predicted octanol–water partition coefficient (Wildman–Crippen LogP) is 3.05. The van der Waals surface area contributed by atoms with Gasteiger partial charge in [-0.1, -0.05) is 6.07 Å². The molecule has 1 saturated heterocycles. The van der Waals surface area contributed by atoms with Gasteiger partial charge >= 0.3 is 12.1 Å². The molecule has 0 spiro atoms. The fourth-order valence-electron chi connectivity index (χ4n) is 3.42. The molecule has 6 nitrogen and oxygen atoms in total. The first-order valence-corrected chi connectivity index (χ1v) is 9.90. The number of β-amino-alcohol motifs (C(OH)–C–C–N with tert-alkyl or cyclic N) is 1. The summed E-state index contributed by atoms with van der Waals surface area (Å²) in [4.78, 5) is 15.4. The van der Waals surface area contributed by atoms with Crippen molar-refractivity contribution in [3.05, 3.63) is 59.7 Å². The molecule has 1 aliphatic rings. The van der Waals surface area contributed by atoms with Crippen LogP contribution in [-0.4, -0.2) is 68.5 Å². The van der Waals surface area contributed by atoms with Gasteiger partial charge in [0.15, 0.2) is 0 Å². The molecule has 2 aromatic carbocycles. The summed E-state index contributed by atoms with van der Waals surface area (Å²) in [6, 6.07) is 11.8. The molecule has 0 aromatic heterocycles. The number of ether oxygens (including phenoxy) is 2. The Balaban J connectivity index is 1.44. The molecule has 0 bridgehead atoms. The minimum Gasteiger partial charge on any atom is -0.491 e. The molecule has 0 unspecified atom stereocenters. The SMILES string of the molecule is COC(=O)c1ccc(OC[C@@H](O)CN2CCN(c3cccc(C(F)(F)F)c3)CC2)cc1. The highest BCUT2D eigenvalue weighted by molar-refractivity contribution is 5.89. The molecule has 0 saturated carbocycles. The fraction of sp³-hybridized carbons (Fsp3) is 0.409. The number of carbonyl (C=O) groups is 1. The first-order chi connectivity index (χ1) is 14.8. The van der Waals surface area contributed by atoms with Crippen molar-refractivity contribution >= 4 is 11.7 Å². The summed E-state index contributed by atoms with van der Waals surface area (Å²) in [6.45, 7) is 2.89. The quantitative estimate of drug-likeness (QED) is 0.671. The van der Waals surface area contributed by atoms with Gasteiger partial charge in [-0.25, -0.2) is 4.79 Å². The molecule has 2 aromatic rings.